The second kappa shape index (κ2) is 3.73. The van der Waals surface area contributed by atoms with Gasteiger partial charge < -0.3 is 15.2 Å². The van der Waals surface area contributed by atoms with E-state index in [0.29, 0.717) is 6.42 Å². The van der Waals surface area contributed by atoms with Crippen molar-refractivity contribution < 1.29 is 5.11 Å². The molecule has 74 valence electrons. The van der Waals surface area contributed by atoms with Crippen molar-refractivity contribution in [3.8, 4) is 0 Å². The molecule has 2 rings (SSSR count). The highest BCUT2D eigenvalue weighted by Gasteiger charge is 2.07. The van der Waals surface area contributed by atoms with Crippen LogP contribution in [-0.4, -0.2) is 32.1 Å². The molecule has 0 spiro atoms. The summed E-state index contributed by atoms with van der Waals surface area (Å²) >= 11 is 0. The number of nitrogens with two attached hydrogens (primary N) is 1. The maximum absolute atomic E-state index is 8.84. The highest BCUT2D eigenvalue weighted by atomic mass is 16.3. The Morgan fingerprint density at radius 2 is 2.36 bits per heavy atom. The molecule has 0 radical (unpaired) electrons. The van der Waals surface area contributed by atoms with Crippen molar-refractivity contribution in [2.24, 2.45) is 5.73 Å². The topological polar surface area (TPSA) is 76.4 Å². The van der Waals surface area contributed by atoms with Crippen LogP contribution in [0.15, 0.2) is 24.8 Å². The number of fused-ring (bicyclic) bond motifs is 1. The van der Waals surface area contributed by atoms with E-state index >= 15 is 0 Å². The molecular formula is C9H12N4O. The molecule has 2 heterocycles. The first kappa shape index (κ1) is 9.11. The molecule has 0 fully saturated rings. The van der Waals surface area contributed by atoms with Gasteiger partial charge in [-0.1, -0.05) is 0 Å². The van der Waals surface area contributed by atoms with Gasteiger partial charge in [-0.3, -0.25) is 4.98 Å². The zero-order valence-corrected chi connectivity index (χ0v) is 7.67. The van der Waals surface area contributed by atoms with Gasteiger partial charge in [-0.15, -0.1) is 0 Å². The van der Waals surface area contributed by atoms with Gasteiger partial charge in [0.25, 0.3) is 0 Å². The van der Waals surface area contributed by atoms with Crippen molar-refractivity contribution in [3.63, 3.8) is 0 Å². The van der Waals surface area contributed by atoms with E-state index in [1.165, 1.54) is 0 Å². The van der Waals surface area contributed by atoms with E-state index in [1.807, 2.05) is 10.6 Å². The first-order valence-corrected chi connectivity index (χ1v) is 4.43. The average Bonchev–Trinajstić information content (AvgIpc) is 2.62. The molecular weight excluding hydrogens is 180 g/mol. The molecule has 3 N–H and O–H groups in total. The largest absolute Gasteiger partial charge is 0.395 e. The van der Waals surface area contributed by atoms with Gasteiger partial charge in [0.15, 0.2) is 5.65 Å². The van der Waals surface area contributed by atoms with Crippen LogP contribution in [0.5, 0.6) is 0 Å². The van der Waals surface area contributed by atoms with Crippen LogP contribution in [0, 0.1) is 0 Å². The molecule has 2 aromatic heterocycles. The second-order valence-electron chi connectivity index (χ2n) is 3.20. The third-order valence-electron chi connectivity index (χ3n) is 2.10. The van der Waals surface area contributed by atoms with Gasteiger partial charge >= 0.3 is 0 Å². The molecule has 0 saturated heterocycles. The highest BCUT2D eigenvalue weighted by Crippen LogP contribution is 2.06. The second-order valence-corrected chi connectivity index (χ2v) is 3.20. The fourth-order valence-corrected chi connectivity index (χ4v) is 1.38. The molecule has 0 amide bonds. The fraction of sp³-hybridized carbons (Fsp3) is 0.333. The Labute approximate surface area is 81.2 Å². The van der Waals surface area contributed by atoms with Crippen molar-refractivity contribution in [1.29, 1.82) is 0 Å². The molecule has 5 heteroatoms. The third kappa shape index (κ3) is 1.59. The summed E-state index contributed by atoms with van der Waals surface area (Å²) in [5.74, 6) is 0. The summed E-state index contributed by atoms with van der Waals surface area (Å²) in [6.07, 6.45) is 7.59. The van der Waals surface area contributed by atoms with Crippen molar-refractivity contribution in [2.45, 2.75) is 12.5 Å². The number of hydrogen-bond donors (Lipinski definition) is 2. The predicted octanol–water partition coefficient (Wildman–Crippen LogP) is -0.409. The SMILES string of the molecule is NC(CO)Cc1cnc2cnccn12. The lowest BCUT2D eigenvalue weighted by molar-refractivity contribution is 0.264. The number of hydrogen-bond acceptors (Lipinski definition) is 4. The monoisotopic (exact) mass is 192 g/mol. The van der Waals surface area contributed by atoms with Gasteiger partial charge in [-0.2, -0.15) is 0 Å². The first-order valence-electron chi connectivity index (χ1n) is 4.43. The van der Waals surface area contributed by atoms with E-state index in [1.54, 1.807) is 18.6 Å². The van der Waals surface area contributed by atoms with E-state index in [-0.39, 0.29) is 12.6 Å². The molecule has 0 aliphatic carbocycles. The van der Waals surface area contributed by atoms with Crippen molar-refractivity contribution in [2.75, 3.05) is 6.61 Å². The van der Waals surface area contributed by atoms with Crippen LogP contribution in [0.4, 0.5) is 0 Å². The van der Waals surface area contributed by atoms with Gasteiger partial charge in [0.2, 0.25) is 0 Å². The Hall–Kier alpha value is -1.46. The average molecular weight is 192 g/mol. The summed E-state index contributed by atoms with van der Waals surface area (Å²) in [7, 11) is 0. The Balaban J connectivity index is 2.33. The number of nitrogens with zero attached hydrogens (tertiary/aromatic N) is 3. The maximum Gasteiger partial charge on any atom is 0.155 e. The molecule has 0 aromatic carbocycles. The lowest BCUT2D eigenvalue weighted by atomic mass is 10.2. The molecule has 5 nitrogen and oxygen atoms in total. The number of imidazole rings is 1. The molecule has 1 unspecified atom stereocenters. The normalized spacial score (nSPS) is 13.3. The Morgan fingerprint density at radius 1 is 1.50 bits per heavy atom. The molecule has 0 saturated carbocycles. The summed E-state index contributed by atoms with van der Waals surface area (Å²) < 4.78 is 1.92. The van der Waals surface area contributed by atoms with Crippen LogP contribution in [0.3, 0.4) is 0 Å². The van der Waals surface area contributed by atoms with Gasteiger partial charge in [0.1, 0.15) is 0 Å². The smallest absolute Gasteiger partial charge is 0.155 e. The molecule has 1 atom stereocenters. The van der Waals surface area contributed by atoms with E-state index in [9.17, 15) is 0 Å². The van der Waals surface area contributed by atoms with Gasteiger partial charge in [-0.25, -0.2) is 4.98 Å². The fourth-order valence-electron chi connectivity index (χ4n) is 1.38. The minimum absolute atomic E-state index is 0.0156. The van der Waals surface area contributed by atoms with Gasteiger partial charge in [-0.05, 0) is 0 Å². The van der Waals surface area contributed by atoms with Crippen LogP contribution < -0.4 is 5.73 Å². The van der Waals surface area contributed by atoms with Crippen molar-refractivity contribution in [1.82, 2.24) is 14.4 Å². The molecule has 0 aliphatic heterocycles. The zero-order valence-electron chi connectivity index (χ0n) is 7.67. The number of aliphatic hydroxyl groups is 1. The van der Waals surface area contributed by atoms with Crippen LogP contribution in [0.25, 0.3) is 5.65 Å². The van der Waals surface area contributed by atoms with E-state index < -0.39 is 0 Å². The quantitative estimate of drug-likeness (QED) is 0.693. The molecule has 0 bridgehead atoms. The minimum Gasteiger partial charge on any atom is -0.395 e. The van der Waals surface area contributed by atoms with Gasteiger partial charge in [0.05, 0.1) is 12.8 Å². The Morgan fingerprint density at radius 3 is 3.14 bits per heavy atom. The van der Waals surface area contributed by atoms with Gasteiger partial charge in [0, 0.05) is 36.7 Å². The summed E-state index contributed by atoms with van der Waals surface area (Å²) in [5.41, 5.74) is 7.44. The van der Waals surface area contributed by atoms with Crippen LogP contribution in [-0.2, 0) is 6.42 Å². The Bertz CT molecular complexity index is 425. The molecule has 2 aromatic rings. The summed E-state index contributed by atoms with van der Waals surface area (Å²) in [6, 6.07) is -0.233. The van der Waals surface area contributed by atoms with Crippen LogP contribution >= 0.6 is 0 Å². The number of aromatic nitrogens is 3. The summed E-state index contributed by atoms with van der Waals surface area (Å²) in [6.45, 7) is -0.0156. The van der Waals surface area contributed by atoms with Crippen molar-refractivity contribution in [3.05, 3.63) is 30.5 Å². The molecule has 0 aliphatic rings. The first-order chi connectivity index (χ1) is 6.81. The van der Waals surface area contributed by atoms with Crippen LogP contribution in [0.2, 0.25) is 0 Å². The third-order valence-corrected chi connectivity index (χ3v) is 2.10. The van der Waals surface area contributed by atoms with E-state index in [2.05, 4.69) is 9.97 Å². The Kier molecular flexibility index (Phi) is 2.43. The lowest BCUT2D eigenvalue weighted by Gasteiger charge is -2.06. The molecule has 14 heavy (non-hydrogen) atoms. The van der Waals surface area contributed by atoms with Crippen molar-refractivity contribution >= 4 is 5.65 Å². The van der Waals surface area contributed by atoms with E-state index in [4.69, 9.17) is 10.8 Å². The number of rotatable bonds is 3. The summed E-state index contributed by atoms with van der Waals surface area (Å²) in [4.78, 5) is 8.13. The van der Waals surface area contributed by atoms with E-state index in [0.717, 1.165) is 11.3 Å². The maximum atomic E-state index is 8.84. The number of aliphatic hydroxyl groups excluding tert-OH is 1. The van der Waals surface area contributed by atoms with Crippen LogP contribution in [0.1, 0.15) is 5.69 Å². The summed E-state index contributed by atoms with van der Waals surface area (Å²) in [5, 5.41) is 8.84. The lowest BCUT2D eigenvalue weighted by Crippen LogP contribution is -2.27. The highest BCUT2D eigenvalue weighted by molar-refractivity contribution is 5.37. The predicted molar refractivity (Wildman–Crippen MR) is 51.8 cm³/mol. The minimum atomic E-state index is -0.233. The zero-order chi connectivity index (χ0) is 9.97. The standard InChI is InChI=1S/C9H12N4O/c10-7(6-14)3-8-4-12-9-5-11-1-2-13(8)9/h1-2,4-5,7,14H,3,6,10H2.